The molecule has 0 amide bonds. The Hall–Kier alpha value is -0.350. The van der Waals surface area contributed by atoms with Crippen LogP contribution < -0.4 is 4.90 Å². The molecule has 1 fully saturated rings. The van der Waals surface area contributed by atoms with Crippen molar-refractivity contribution in [1.29, 1.82) is 0 Å². The highest BCUT2D eigenvalue weighted by molar-refractivity contribution is 6.99. The summed E-state index contributed by atoms with van der Waals surface area (Å²) < 4.78 is 8.20. The lowest BCUT2D eigenvalue weighted by molar-refractivity contribution is 0.426. The molecule has 0 aromatic carbocycles. The lowest BCUT2D eigenvalue weighted by Gasteiger charge is -2.31. The van der Waals surface area contributed by atoms with Gasteiger partial charge >= 0.3 is 0 Å². The number of halogens is 1. The molecule has 0 spiro atoms. The summed E-state index contributed by atoms with van der Waals surface area (Å²) in [7, 11) is 2.07. The van der Waals surface area contributed by atoms with E-state index >= 15 is 0 Å². The molecule has 0 atom stereocenters. The van der Waals surface area contributed by atoms with Gasteiger partial charge in [-0.1, -0.05) is 30.9 Å². The monoisotopic (exact) mass is 231 g/mol. The zero-order valence-electron chi connectivity index (χ0n) is 8.24. The van der Waals surface area contributed by atoms with Crippen LogP contribution in [0.4, 0.5) is 5.82 Å². The van der Waals surface area contributed by atoms with Crippen LogP contribution in [0.15, 0.2) is 0 Å². The van der Waals surface area contributed by atoms with E-state index in [-0.39, 0.29) is 0 Å². The molecule has 5 heteroatoms. The predicted molar refractivity (Wildman–Crippen MR) is 60.2 cm³/mol. The number of rotatable bonds is 2. The van der Waals surface area contributed by atoms with Crippen molar-refractivity contribution in [3.8, 4) is 0 Å². The van der Waals surface area contributed by atoms with Gasteiger partial charge in [0.25, 0.3) is 0 Å². The second kappa shape index (κ2) is 4.45. The maximum atomic E-state index is 5.95. The van der Waals surface area contributed by atoms with Crippen LogP contribution in [-0.2, 0) is 0 Å². The summed E-state index contributed by atoms with van der Waals surface area (Å²) in [5.41, 5.74) is 0. The highest BCUT2D eigenvalue weighted by Gasteiger charge is 2.21. The zero-order chi connectivity index (χ0) is 9.97. The van der Waals surface area contributed by atoms with E-state index in [2.05, 4.69) is 20.7 Å². The van der Waals surface area contributed by atoms with Gasteiger partial charge in [0, 0.05) is 13.1 Å². The minimum atomic E-state index is 0.545. The molecule has 0 saturated heterocycles. The molecule has 1 aliphatic rings. The molecule has 0 aliphatic heterocycles. The maximum absolute atomic E-state index is 5.95. The van der Waals surface area contributed by atoms with Crippen molar-refractivity contribution >= 4 is 29.1 Å². The Morgan fingerprint density at radius 2 is 2.00 bits per heavy atom. The van der Waals surface area contributed by atoms with Gasteiger partial charge in [0.05, 0.1) is 11.7 Å². The second-order valence-corrected chi connectivity index (χ2v) is 4.67. The minimum Gasteiger partial charge on any atom is -0.353 e. The first-order valence-electron chi connectivity index (χ1n) is 5.00. The van der Waals surface area contributed by atoms with Crippen molar-refractivity contribution in [2.75, 3.05) is 11.9 Å². The smallest absolute Gasteiger partial charge is 0.187 e. The van der Waals surface area contributed by atoms with E-state index in [1.807, 2.05) is 0 Å². The molecule has 2 rings (SSSR count). The van der Waals surface area contributed by atoms with Crippen LogP contribution in [-0.4, -0.2) is 21.8 Å². The van der Waals surface area contributed by atoms with E-state index in [0.29, 0.717) is 11.2 Å². The molecule has 3 nitrogen and oxygen atoms in total. The molecular formula is C9H14ClN3S. The third-order valence-electron chi connectivity index (χ3n) is 2.89. The molecular weight excluding hydrogens is 218 g/mol. The van der Waals surface area contributed by atoms with Gasteiger partial charge in [-0.25, -0.2) is 0 Å². The molecule has 14 heavy (non-hydrogen) atoms. The topological polar surface area (TPSA) is 29.0 Å². The van der Waals surface area contributed by atoms with E-state index in [0.717, 1.165) is 5.82 Å². The van der Waals surface area contributed by atoms with Crippen LogP contribution in [0.5, 0.6) is 0 Å². The third-order valence-corrected chi connectivity index (χ3v) is 3.76. The Morgan fingerprint density at radius 1 is 1.29 bits per heavy atom. The van der Waals surface area contributed by atoms with E-state index in [1.54, 1.807) is 0 Å². The number of aromatic nitrogens is 2. The first-order valence-corrected chi connectivity index (χ1v) is 6.11. The number of hydrogen-bond acceptors (Lipinski definition) is 4. The van der Waals surface area contributed by atoms with Crippen LogP contribution in [0.3, 0.4) is 0 Å². The van der Waals surface area contributed by atoms with E-state index in [9.17, 15) is 0 Å². The van der Waals surface area contributed by atoms with Crippen LogP contribution in [0.1, 0.15) is 32.1 Å². The Labute approximate surface area is 93.4 Å². The molecule has 1 saturated carbocycles. The molecule has 1 heterocycles. The molecule has 78 valence electrons. The molecule has 0 radical (unpaired) electrons. The van der Waals surface area contributed by atoms with E-state index < -0.39 is 0 Å². The van der Waals surface area contributed by atoms with Crippen LogP contribution in [0.25, 0.3) is 0 Å². The van der Waals surface area contributed by atoms with Crippen molar-refractivity contribution < 1.29 is 0 Å². The van der Waals surface area contributed by atoms with Crippen molar-refractivity contribution in [2.24, 2.45) is 0 Å². The fourth-order valence-electron chi connectivity index (χ4n) is 2.02. The van der Waals surface area contributed by atoms with Gasteiger partial charge in [-0.15, -0.1) is 0 Å². The number of nitrogens with zero attached hydrogens (tertiary/aromatic N) is 3. The van der Waals surface area contributed by atoms with Gasteiger partial charge in [-0.2, -0.15) is 8.75 Å². The average Bonchev–Trinajstić information content (AvgIpc) is 2.65. The van der Waals surface area contributed by atoms with Crippen LogP contribution in [0, 0.1) is 0 Å². The van der Waals surface area contributed by atoms with Crippen molar-refractivity contribution in [1.82, 2.24) is 8.75 Å². The molecule has 0 unspecified atom stereocenters. The zero-order valence-corrected chi connectivity index (χ0v) is 9.81. The summed E-state index contributed by atoms with van der Waals surface area (Å²) in [4.78, 5) is 2.19. The van der Waals surface area contributed by atoms with Crippen LogP contribution in [0.2, 0.25) is 5.15 Å². The standard InChI is InChI=1S/C9H14ClN3S/c1-13(7-5-3-2-4-6-7)9-8(10)11-14-12-9/h7H,2-6H2,1H3. The highest BCUT2D eigenvalue weighted by Crippen LogP contribution is 2.29. The molecule has 1 aromatic heterocycles. The Morgan fingerprint density at radius 3 is 2.57 bits per heavy atom. The summed E-state index contributed by atoms with van der Waals surface area (Å²) in [5.74, 6) is 0.851. The average molecular weight is 232 g/mol. The van der Waals surface area contributed by atoms with Gasteiger partial charge in [0.2, 0.25) is 0 Å². The lowest BCUT2D eigenvalue weighted by atomic mass is 9.94. The number of anilines is 1. The minimum absolute atomic E-state index is 0.545. The van der Waals surface area contributed by atoms with Crippen LogP contribution >= 0.6 is 23.3 Å². The van der Waals surface area contributed by atoms with Gasteiger partial charge in [0.15, 0.2) is 11.0 Å². The van der Waals surface area contributed by atoms with Crippen molar-refractivity contribution in [2.45, 2.75) is 38.1 Å². The van der Waals surface area contributed by atoms with Crippen molar-refractivity contribution in [3.05, 3.63) is 5.15 Å². The molecule has 1 aliphatic carbocycles. The predicted octanol–water partition coefficient (Wildman–Crippen LogP) is 2.96. The van der Waals surface area contributed by atoms with E-state index in [1.165, 1.54) is 43.8 Å². The molecule has 0 bridgehead atoms. The summed E-state index contributed by atoms with van der Waals surface area (Å²) in [6, 6.07) is 0.602. The first kappa shape index (κ1) is 10.2. The van der Waals surface area contributed by atoms with E-state index in [4.69, 9.17) is 11.6 Å². The van der Waals surface area contributed by atoms with Gasteiger partial charge < -0.3 is 4.90 Å². The largest absolute Gasteiger partial charge is 0.353 e. The molecule has 1 aromatic rings. The third kappa shape index (κ3) is 2.01. The number of hydrogen-bond donors (Lipinski definition) is 0. The lowest BCUT2D eigenvalue weighted by Crippen LogP contribution is -2.33. The fourth-order valence-corrected chi connectivity index (χ4v) is 2.83. The van der Waals surface area contributed by atoms with Crippen molar-refractivity contribution in [3.63, 3.8) is 0 Å². The Bertz CT molecular complexity index is 296. The fraction of sp³-hybridized carbons (Fsp3) is 0.778. The normalized spacial score (nSPS) is 18.4. The maximum Gasteiger partial charge on any atom is 0.187 e. The summed E-state index contributed by atoms with van der Waals surface area (Å²) in [5, 5.41) is 0.545. The summed E-state index contributed by atoms with van der Waals surface area (Å²) in [6.07, 6.45) is 6.52. The second-order valence-electron chi connectivity index (χ2n) is 3.78. The quantitative estimate of drug-likeness (QED) is 0.784. The Kier molecular flexibility index (Phi) is 3.23. The SMILES string of the molecule is CN(c1nsnc1Cl)C1CCCCC1. The Balaban J connectivity index is 2.07. The molecule has 0 N–H and O–H groups in total. The van der Waals surface area contributed by atoms with Gasteiger partial charge in [-0.05, 0) is 12.8 Å². The summed E-state index contributed by atoms with van der Waals surface area (Å²) >= 11 is 7.13. The first-order chi connectivity index (χ1) is 6.79. The van der Waals surface area contributed by atoms with Gasteiger partial charge in [0.1, 0.15) is 0 Å². The van der Waals surface area contributed by atoms with Gasteiger partial charge in [-0.3, -0.25) is 0 Å². The highest BCUT2D eigenvalue weighted by atomic mass is 35.5. The summed E-state index contributed by atoms with van der Waals surface area (Å²) in [6.45, 7) is 0.